The lowest BCUT2D eigenvalue weighted by atomic mass is 9.98. The molecule has 0 radical (unpaired) electrons. The Kier molecular flexibility index (Phi) is 9.88. The highest BCUT2D eigenvalue weighted by Gasteiger charge is 2.28. The zero-order valence-corrected chi connectivity index (χ0v) is 17.4. The molecule has 0 aromatic heterocycles. The Morgan fingerprint density at radius 2 is 1.37 bits per heavy atom. The molecule has 0 fully saturated rings. The number of amides is 1. The standard InChI is InChI=1S/C16H28NO9P/c1-15(2,3)13(19)23-11-25-27(22,9-7-8-17(21)10-18)26-12-24-14(20)16(4,5)6/h7,9-10,21H,8,11-12H2,1-6H3/b9-7+. The van der Waals surface area contributed by atoms with E-state index in [0.29, 0.717) is 5.06 Å². The van der Waals surface area contributed by atoms with Crippen molar-refractivity contribution in [2.75, 3.05) is 20.1 Å². The van der Waals surface area contributed by atoms with Gasteiger partial charge in [-0.15, -0.1) is 0 Å². The van der Waals surface area contributed by atoms with Crippen LogP contribution in [0.3, 0.4) is 0 Å². The summed E-state index contributed by atoms with van der Waals surface area (Å²) in [7, 11) is -3.99. The molecule has 0 saturated carbocycles. The molecule has 0 aliphatic heterocycles. The molecular formula is C16H28NO9P. The van der Waals surface area contributed by atoms with Crippen LogP contribution in [0, 0.1) is 10.8 Å². The largest absolute Gasteiger partial charge is 0.438 e. The Labute approximate surface area is 158 Å². The van der Waals surface area contributed by atoms with Gasteiger partial charge in [0.1, 0.15) is 0 Å². The lowest BCUT2D eigenvalue weighted by molar-refractivity contribution is -0.161. The Hall–Kier alpha value is -1.74. The molecular weight excluding hydrogens is 381 g/mol. The summed E-state index contributed by atoms with van der Waals surface area (Å²) >= 11 is 0. The van der Waals surface area contributed by atoms with E-state index in [2.05, 4.69) is 0 Å². The number of hydrogen-bond donors (Lipinski definition) is 1. The van der Waals surface area contributed by atoms with Crippen molar-refractivity contribution in [2.24, 2.45) is 10.8 Å². The fourth-order valence-electron chi connectivity index (χ4n) is 1.19. The van der Waals surface area contributed by atoms with Gasteiger partial charge in [-0.25, -0.2) is 5.06 Å². The lowest BCUT2D eigenvalue weighted by Crippen LogP contribution is -2.24. The molecule has 11 heteroatoms. The SMILES string of the molecule is CC(C)(C)C(=O)OCOP(=O)(/C=C/CN(O)C=O)OCOC(=O)C(C)(C)C. The van der Waals surface area contributed by atoms with Crippen LogP contribution in [0.15, 0.2) is 11.9 Å². The van der Waals surface area contributed by atoms with Gasteiger partial charge in [0, 0.05) is 5.82 Å². The van der Waals surface area contributed by atoms with Gasteiger partial charge in [-0.05, 0) is 41.5 Å². The highest BCUT2D eigenvalue weighted by Crippen LogP contribution is 2.49. The van der Waals surface area contributed by atoms with E-state index in [1.165, 1.54) is 0 Å². The number of esters is 2. The minimum absolute atomic E-state index is 0.146. The summed E-state index contributed by atoms with van der Waals surface area (Å²) in [5.74, 6) is -0.213. The summed E-state index contributed by atoms with van der Waals surface area (Å²) in [5.41, 5.74) is -1.57. The normalized spacial score (nSPS) is 12.7. The van der Waals surface area contributed by atoms with E-state index < -0.39 is 44.0 Å². The van der Waals surface area contributed by atoms with Crippen LogP contribution in [0.2, 0.25) is 0 Å². The van der Waals surface area contributed by atoms with Crippen LogP contribution in [-0.4, -0.2) is 48.7 Å². The Morgan fingerprint density at radius 1 is 0.963 bits per heavy atom. The average molecular weight is 409 g/mol. The van der Waals surface area contributed by atoms with Crippen LogP contribution in [0.25, 0.3) is 0 Å². The molecule has 0 bridgehead atoms. The first-order valence-electron chi connectivity index (χ1n) is 8.03. The summed E-state index contributed by atoms with van der Waals surface area (Å²) in [6, 6.07) is 0. The van der Waals surface area contributed by atoms with Crippen molar-refractivity contribution in [3.05, 3.63) is 11.9 Å². The van der Waals surface area contributed by atoms with Crippen LogP contribution in [-0.2, 0) is 37.5 Å². The van der Waals surface area contributed by atoms with Gasteiger partial charge in [-0.3, -0.25) is 33.2 Å². The van der Waals surface area contributed by atoms with Crippen LogP contribution >= 0.6 is 7.60 Å². The first-order valence-corrected chi connectivity index (χ1v) is 9.64. The zero-order valence-electron chi connectivity index (χ0n) is 16.5. The number of hydroxylamine groups is 2. The Morgan fingerprint density at radius 3 is 1.70 bits per heavy atom. The van der Waals surface area contributed by atoms with E-state index in [1.807, 2.05) is 0 Å². The van der Waals surface area contributed by atoms with Gasteiger partial charge in [0.2, 0.25) is 20.0 Å². The second-order valence-corrected chi connectivity index (χ2v) is 9.40. The van der Waals surface area contributed by atoms with Crippen molar-refractivity contribution in [1.29, 1.82) is 0 Å². The van der Waals surface area contributed by atoms with Crippen molar-refractivity contribution in [3.63, 3.8) is 0 Å². The maximum atomic E-state index is 12.6. The molecule has 0 saturated heterocycles. The molecule has 27 heavy (non-hydrogen) atoms. The molecule has 1 N–H and O–H groups in total. The second-order valence-electron chi connectivity index (χ2n) is 7.51. The van der Waals surface area contributed by atoms with Crippen LogP contribution < -0.4 is 0 Å². The third-order valence-electron chi connectivity index (χ3n) is 2.77. The fraction of sp³-hybridized carbons (Fsp3) is 0.688. The minimum Gasteiger partial charge on any atom is -0.438 e. The summed E-state index contributed by atoms with van der Waals surface area (Å²) in [4.78, 5) is 33.8. The molecule has 0 atom stereocenters. The highest BCUT2D eigenvalue weighted by atomic mass is 31.2. The summed E-state index contributed by atoms with van der Waals surface area (Å²) < 4.78 is 32.4. The van der Waals surface area contributed by atoms with Gasteiger partial charge < -0.3 is 9.47 Å². The molecule has 0 spiro atoms. The number of rotatable bonds is 10. The zero-order chi connectivity index (χ0) is 21.3. The second kappa shape index (κ2) is 10.6. The van der Waals surface area contributed by atoms with Crippen LogP contribution in [0.1, 0.15) is 41.5 Å². The van der Waals surface area contributed by atoms with Gasteiger partial charge in [-0.2, -0.15) is 0 Å². The molecule has 0 aliphatic carbocycles. The molecule has 10 nitrogen and oxygen atoms in total. The van der Waals surface area contributed by atoms with Crippen LogP contribution in [0.4, 0.5) is 0 Å². The maximum absolute atomic E-state index is 12.6. The third kappa shape index (κ3) is 10.9. The Bertz CT molecular complexity index is 554. The minimum atomic E-state index is -3.99. The van der Waals surface area contributed by atoms with E-state index >= 15 is 0 Å². The smallest absolute Gasteiger partial charge is 0.359 e. The van der Waals surface area contributed by atoms with E-state index in [4.69, 9.17) is 23.7 Å². The predicted octanol–water partition coefficient (Wildman–Crippen LogP) is 2.67. The monoisotopic (exact) mass is 409 g/mol. The van der Waals surface area contributed by atoms with Gasteiger partial charge in [0.15, 0.2) is 0 Å². The molecule has 0 unspecified atom stereocenters. The molecule has 0 aliphatic rings. The van der Waals surface area contributed by atoms with Crippen molar-refractivity contribution in [2.45, 2.75) is 41.5 Å². The van der Waals surface area contributed by atoms with Crippen LogP contribution in [0.5, 0.6) is 0 Å². The van der Waals surface area contributed by atoms with Gasteiger partial charge in [-0.1, -0.05) is 6.08 Å². The highest BCUT2D eigenvalue weighted by molar-refractivity contribution is 7.57. The summed E-state index contributed by atoms with van der Waals surface area (Å²) in [6.07, 6.45) is 1.29. The van der Waals surface area contributed by atoms with Gasteiger partial charge in [0.25, 0.3) is 0 Å². The Balaban J connectivity index is 4.89. The predicted molar refractivity (Wildman–Crippen MR) is 94.3 cm³/mol. The first-order chi connectivity index (χ1) is 12.2. The number of hydrogen-bond acceptors (Lipinski definition) is 9. The van der Waals surface area contributed by atoms with Crippen molar-refractivity contribution >= 4 is 25.9 Å². The number of nitrogens with zero attached hydrogens (tertiary/aromatic N) is 1. The van der Waals surface area contributed by atoms with E-state index in [1.54, 1.807) is 41.5 Å². The average Bonchev–Trinajstić information content (AvgIpc) is 2.52. The summed E-state index contributed by atoms with van der Waals surface area (Å²) in [6.45, 7) is 8.17. The fourth-order valence-corrected chi connectivity index (χ4v) is 2.19. The van der Waals surface area contributed by atoms with E-state index in [-0.39, 0.29) is 13.0 Å². The van der Waals surface area contributed by atoms with Gasteiger partial charge >= 0.3 is 19.5 Å². The van der Waals surface area contributed by atoms with E-state index in [9.17, 15) is 18.9 Å². The van der Waals surface area contributed by atoms with Crippen molar-refractivity contribution in [3.8, 4) is 0 Å². The molecule has 156 valence electrons. The molecule has 0 rings (SSSR count). The van der Waals surface area contributed by atoms with E-state index in [0.717, 1.165) is 11.9 Å². The topological polar surface area (TPSA) is 129 Å². The number of ether oxygens (including phenoxy) is 2. The molecule has 1 amide bonds. The quantitative estimate of drug-likeness (QED) is 0.145. The summed E-state index contributed by atoms with van der Waals surface area (Å²) in [5, 5.41) is 9.33. The molecule has 0 heterocycles. The number of carbonyl (C=O) groups excluding carboxylic acids is 3. The molecule has 0 aromatic rings. The maximum Gasteiger partial charge on any atom is 0.359 e. The third-order valence-corrected chi connectivity index (χ3v) is 4.28. The lowest BCUT2D eigenvalue weighted by Gasteiger charge is -2.20. The molecule has 0 aromatic carbocycles. The van der Waals surface area contributed by atoms with Crippen molar-refractivity contribution < 1.29 is 42.7 Å². The first kappa shape index (κ1) is 25.3. The van der Waals surface area contributed by atoms with Gasteiger partial charge in [0.05, 0.1) is 17.4 Å². The van der Waals surface area contributed by atoms with Crippen molar-refractivity contribution in [1.82, 2.24) is 5.06 Å². The number of carbonyl (C=O) groups is 3.